The van der Waals surface area contributed by atoms with Gasteiger partial charge in [-0.3, -0.25) is 0 Å². The highest BCUT2D eigenvalue weighted by molar-refractivity contribution is 6.50. The van der Waals surface area contributed by atoms with Gasteiger partial charge in [-0.25, -0.2) is 0 Å². The van der Waals surface area contributed by atoms with Crippen LogP contribution in [-0.2, 0) is 4.65 Å². The first kappa shape index (κ1) is 16.0. The smallest absolute Gasteiger partial charge is 0.423 e. The minimum absolute atomic E-state index is 0.843. The third kappa shape index (κ3) is 4.82. The van der Waals surface area contributed by atoms with Crippen molar-refractivity contribution >= 4 is 13.2 Å². The standard InChI is InChI=1S/C15H23BO3/c1-12-6-8-13(9-7-12)10-11-16(18)19-15(4,5)14(2,3)17/h6-11,17-18H,1-5H3/b11-10+. The monoisotopic (exact) mass is 262 g/mol. The molecule has 1 aromatic carbocycles. The van der Waals surface area contributed by atoms with E-state index >= 15 is 0 Å². The van der Waals surface area contributed by atoms with Crippen LogP contribution in [-0.4, -0.2) is 28.5 Å². The summed E-state index contributed by atoms with van der Waals surface area (Å²) in [6.07, 6.45) is 1.80. The van der Waals surface area contributed by atoms with Crippen LogP contribution in [0.2, 0.25) is 0 Å². The van der Waals surface area contributed by atoms with Crippen LogP contribution in [0.4, 0.5) is 0 Å². The second kappa shape index (κ2) is 5.91. The third-order valence-corrected chi connectivity index (χ3v) is 3.42. The Hall–Kier alpha value is -1.10. The molecule has 0 bridgehead atoms. The van der Waals surface area contributed by atoms with E-state index in [1.54, 1.807) is 39.7 Å². The zero-order valence-electron chi connectivity index (χ0n) is 12.3. The number of aryl methyl sites for hydroxylation is 1. The van der Waals surface area contributed by atoms with Gasteiger partial charge in [0.2, 0.25) is 0 Å². The predicted octanol–water partition coefficient (Wildman–Crippen LogP) is 2.59. The number of hydrogen-bond donors (Lipinski definition) is 2. The summed E-state index contributed by atoms with van der Waals surface area (Å²) < 4.78 is 5.47. The van der Waals surface area contributed by atoms with Gasteiger partial charge in [0.1, 0.15) is 0 Å². The summed E-state index contributed by atoms with van der Waals surface area (Å²) in [6.45, 7) is 8.83. The molecule has 0 saturated carbocycles. The SMILES string of the molecule is Cc1ccc(/C=C/B(O)OC(C)(C)C(C)(C)O)cc1. The fourth-order valence-corrected chi connectivity index (χ4v) is 1.36. The molecule has 0 fully saturated rings. The second-order valence-electron chi connectivity index (χ2n) is 5.85. The number of rotatable bonds is 5. The highest BCUT2D eigenvalue weighted by atomic mass is 16.5. The van der Waals surface area contributed by atoms with Crippen molar-refractivity contribution in [3.63, 3.8) is 0 Å². The molecule has 1 rings (SSSR count). The zero-order valence-corrected chi connectivity index (χ0v) is 12.3. The van der Waals surface area contributed by atoms with Crippen LogP contribution in [0.5, 0.6) is 0 Å². The zero-order chi connectivity index (χ0) is 14.7. The molecule has 0 atom stereocenters. The normalized spacial score (nSPS) is 13.0. The maximum Gasteiger partial charge on any atom is 0.483 e. The van der Waals surface area contributed by atoms with Gasteiger partial charge in [-0.15, -0.1) is 0 Å². The summed E-state index contributed by atoms with van der Waals surface area (Å²) in [7, 11) is -1.05. The van der Waals surface area contributed by atoms with Crippen molar-refractivity contribution in [2.45, 2.75) is 45.8 Å². The Bertz CT molecular complexity index is 430. The van der Waals surface area contributed by atoms with Crippen LogP contribution in [0.1, 0.15) is 38.8 Å². The number of benzene rings is 1. The molecule has 0 unspecified atom stereocenters. The van der Waals surface area contributed by atoms with Gasteiger partial charge in [0, 0.05) is 0 Å². The number of aliphatic hydroxyl groups is 1. The lowest BCUT2D eigenvalue weighted by molar-refractivity contribution is -0.0984. The van der Waals surface area contributed by atoms with Crippen LogP contribution >= 0.6 is 0 Å². The van der Waals surface area contributed by atoms with Crippen molar-refractivity contribution in [1.82, 2.24) is 0 Å². The van der Waals surface area contributed by atoms with E-state index in [1.807, 2.05) is 31.2 Å². The highest BCUT2D eigenvalue weighted by Gasteiger charge is 2.38. The molecule has 1 aromatic rings. The Balaban J connectivity index is 2.65. The molecule has 0 radical (unpaired) electrons. The lowest BCUT2D eigenvalue weighted by Gasteiger charge is -2.38. The lowest BCUT2D eigenvalue weighted by Crippen LogP contribution is -2.50. The quantitative estimate of drug-likeness (QED) is 0.802. The molecule has 0 saturated heterocycles. The van der Waals surface area contributed by atoms with E-state index in [0.717, 1.165) is 5.56 Å². The van der Waals surface area contributed by atoms with Crippen LogP contribution < -0.4 is 0 Å². The number of hydrogen-bond acceptors (Lipinski definition) is 3. The van der Waals surface area contributed by atoms with Crippen LogP contribution in [0.3, 0.4) is 0 Å². The molecule has 3 nitrogen and oxygen atoms in total. The first-order valence-corrected chi connectivity index (χ1v) is 6.45. The topological polar surface area (TPSA) is 49.7 Å². The molecule has 104 valence electrons. The first-order chi connectivity index (χ1) is 8.62. The van der Waals surface area contributed by atoms with E-state index in [0.29, 0.717) is 0 Å². The van der Waals surface area contributed by atoms with E-state index < -0.39 is 18.3 Å². The molecule has 2 N–H and O–H groups in total. The third-order valence-electron chi connectivity index (χ3n) is 3.42. The van der Waals surface area contributed by atoms with Crippen molar-refractivity contribution in [3.8, 4) is 0 Å². The van der Waals surface area contributed by atoms with Crippen molar-refractivity contribution in [2.75, 3.05) is 0 Å². The molecule has 0 amide bonds. The summed E-state index contributed by atoms with van der Waals surface area (Å²) in [6, 6.07) is 7.96. The van der Waals surface area contributed by atoms with Gasteiger partial charge >= 0.3 is 7.12 Å². The van der Waals surface area contributed by atoms with E-state index in [1.165, 1.54) is 5.56 Å². The van der Waals surface area contributed by atoms with E-state index in [2.05, 4.69) is 0 Å². The van der Waals surface area contributed by atoms with E-state index in [-0.39, 0.29) is 0 Å². The Labute approximate surface area is 116 Å². The van der Waals surface area contributed by atoms with Crippen LogP contribution in [0.25, 0.3) is 6.08 Å². The largest absolute Gasteiger partial charge is 0.483 e. The Morgan fingerprint density at radius 3 is 2.11 bits per heavy atom. The molecular formula is C15H23BO3. The summed E-state index contributed by atoms with van der Waals surface area (Å²) >= 11 is 0. The van der Waals surface area contributed by atoms with Gasteiger partial charge in [0.25, 0.3) is 0 Å². The molecule has 0 spiro atoms. The average Bonchev–Trinajstić information content (AvgIpc) is 2.26. The molecule has 0 aliphatic heterocycles. The Morgan fingerprint density at radius 2 is 1.63 bits per heavy atom. The van der Waals surface area contributed by atoms with Gasteiger partial charge in [0.05, 0.1) is 11.2 Å². The maximum absolute atomic E-state index is 9.95. The van der Waals surface area contributed by atoms with Gasteiger partial charge in [-0.05, 0) is 40.2 Å². The molecule has 0 aromatic heterocycles. The van der Waals surface area contributed by atoms with Gasteiger partial charge in [0.15, 0.2) is 0 Å². The fourth-order valence-electron chi connectivity index (χ4n) is 1.36. The first-order valence-electron chi connectivity index (χ1n) is 6.45. The summed E-state index contributed by atoms with van der Waals surface area (Å²) in [5.74, 6) is 1.57. The fraction of sp³-hybridized carbons (Fsp3) is 0.467. The van der Waals surface area contributed by atoms with Crippen molar-refractivity contribution in [1.29, 1.82) is 0 Å². The Kier molecular flexibility index (Phi) is 4.96. The van der Waals surface area contributed by atoms with Crippen molar-refractivity contribution < 1.29 is 14.8 Å². The average molecular weight is 262 g/mol. The minimum atomic E-state index is -1.05. The summed E-state index contributed by atoms with van der Waals surface area (Å²) in [5.41, 5.74) is 0.307. The van der Waals surface area contributed by atoms with Gasteiger partial charge in [-0.2, -0.15) is 0 Å². The molecule has 0 aliphatic rings. The molecule has 0 aliphatic carbocycles. The minimum Gasteiger partial charge on any atom is -0.423 e. The van der Waals surface area contributed by atoms with E-state index in [4.69, 9.17) is 4.65 Å². The van der Waals surface area contributed by atoms with E-state index in [9.17, 15) is 10.1 Å². The maximum atomic E-state index is 9.95. The van der Waals surface area contributed by atoms with Gasteiger partial charge < -0.3 is 14.8 Å². The van der Waals surface area contributed by atoms with Crippen molar-refractivity contribution in [3.05, 3.63) is 41.4 Å². The Morgan fingerprint density at radius 1 is 1.11 bits per heavy atom. The predicted molar refractivity (Wildman–Crippen MR) is 79.6 cm³/mol. The summed E-state index contributed by atoms with van der Waals surface area (Å²) in [5, 5.41) is 19.8. The molecule has 19 heavy (non-hydrogen) atoms. The molecule has 0 heterocycles. The summed E-state index contributed by atoms with van der Waals surface area (Å²) in [4.78, 5) is 0. The van der Waals surface area contributed by atoms with Crippen LogP contribution in [0, 0.1) is 6.92 Å². The molecular weight excluding hydrogens is 239 g/mol. The van der Waals surface area contributed by atoms with Crippen molar-refractivity contribution in [2.24, 2.45) is 0 Å². The highest BCUT2D eigenvalue weighted by Crippen LogP contribution is 2.25. The van der Waals surface area contributed by atoms with Crippen LogP contribution in [0.15, 0.2) is 30.2 Å². The second-order valence-corrected chi connectivity index (χ2v) is 5.85. The molecule has 4 heteroatoms. The lowest BCUT2D eigenvalue weighted by atomic mass is 9.82. The van der Waals surface area contributed by atoms with Gasteiger partial charge in [-0.1, -0.05) is 41.9 Å².